The van der Waals surface area contributed by atoms with E-state index in [1.165, 1.54) is 0 Å². The van der Waals surface area contributed by atoms with Crippen molar-refractivity contribution in [2.45, 2.75) is 38.5 Å². The molecular formula is C13H15F3N2O3. The Hall–Kier alpha value is -1.99. The lowest BCUT2D eigenvalue weighted by molar-refractivity contribution is -0.138. The van der Waals surface area contributed by atoms with Crippen LogP contribution in [0.2, 0.25) is 0 Å². The van der Waals surface area contributed by atoms with Crippen LogP contribution < -0.4 is 0 Å². The number of carbonyl (C=O) groups is 2. The summed E-state index contributed by atoms with van der Waals surface area (Å²) in [5.74, 6) is -1.97. The first-order valence-corrected chi connectivity index (χ1v) is 6.53. The van der Waals surface area contributed by atoms with E-state index in [4.69, 9.17) is 5.11 Å². The number of aromatic carboxylic acids is 1. The van der Waals surface area contributed by atoms with Crippen molar-refractivity contribution in [1.82, 2.24) is 9.47 Å². The Labute approximate surface area is 119 Å². The summed E-state index contributed by atoms with van der Waals surface area (Å²) in [6, 6.07) is 0.166. The lowest BCUT2D eigenvalue weighted by Crippen LogP contribution is -2.35. The van der Waals surface area contributed by atoms with E-state index >= 15 is 0 Å². The summed E-state index contributed by atoms with van der Waals surface area (Å²) < 4.78 is 39.2. The number of carboxylic acids is 1. The van der Waals surface area contributed by atoms with Crippen LogP contribution >= 0.6 is 0 Å². The molecule has 0 unspecified atom stereocenters. The number of nitrogens with zero attached hydrogens (tertiary/aromatic N) is 2. The Kier molecular flexibility index (Phi) is 3.97. The smallest absolute Gasteiger partial charge is 0.418 e. The van der Waals surface area contributed by atoms with Crippen LogP contribution in [0.1, 0.15) is 35.7 Å². The molecule has 0 spiro atoms. The maximum atomic E-state index is 12.8. The zero-order valence-electron chi connectivity index (χ0n) is 11.4. The minimum Gasteiger partial charge on any atom is -0.478 e. The van der Waals surface area contributed by atoms with Crippen LogP contribution in [0.15, 0.2) is 12.4 Å². The number of carboxylic acid groups (broad SMARTS) is 1. The Morgan fingerprint density at radius 2 is 2.00 bits per heavy atom. The molecule has 0 radical (unpaired) electrons. The fourth-order valence-corrected chi connectivity index (χ4v) is 2.27. The molecule has 1 N–H and O–H groups in total. The van der Waals surface area contributed by atoms with Crippen molar-refractivity contribution in [3.63, 3.8) is 0 Å². The van der Waals surface area contributed by atoms with E-state index < -0.39 is 23.3 Å². The third kappa shape index (κ3) is 3.37. The zero-order chi connectivity index (χ0) is 15.8. The van der Waals surface area contributed by atoms with Gasteiger partial charge in [-0.1, -0.05) is 0 Å². The number of rotatable bonds is 5. The summed E-state index contributed by atoms with van der Waals surface area (Å²) in [4.78, 5) is 24.5. The minimum atomic E-state index is -4.76. The fourth-order valence-electron chi connectivity index (χ4n) is 2.27. The molecule has 1 aliphatic rings. The molecule has 0 aliphatic heterocycles. The van der Waals surface area contributed by atoms with E-state index in [0.717, 1.165) is 23.6 Å². The van der Waals surface area contributed by atoms with E-state index in [0.29, 0.717) is 12.7 Å². The van der Waals surface area contributed by atoms with Gasteiger partial charge in [0.2, 0.25) is 5.91 Å². The van der Waals surface area contributed by atoms with Gasteiger partial charge in [-0.2, -0.15) is 13.2 Å². The van der Waals surface area contributed by atoms with Crippen LogP contribution in [0.25, 0.3) is 0 Å². The molecule has 2 rings (SSSR count). The van der Waals surface area contributed by atoms with Crippen LogP contribution in [-0.2, 0) is 17.5 Å². The standard InChI is InChI=1S/C13H15F3N2O3/c1-2-18(8-3-4-8)11(19)7-17-5-9(12(20)21)10(6-17)13(14,15)16/h5-6,8H,2-4,7H2,1H3,(H,20,21). The summed E-state index contributed by atoms with van der Waals surface area (Å²) in [5, 5.41) is 8.82. The van der Waals surface area contributed by atoms with Gasteiger partial charge in [0.1, 0.15) is 6.54 Å². The summed E-state index contributed by atoms with van der Waals surface area (Å²) in [6.07, 6.45) is -1.44. The van der Waals surface area contributed by atoms with Gasteiger partial charge >= 0.3 is 12.1 Å². The summed E-state index contributed by atoms with van der Waals surface area (Å²) in [7, 11) is 0. The summed E-state index contributed by atoms with van der Waals surface area (Å²) in [6.45, 7) is 2.00. The third-order valence-electron chi connectivity index (χ3n) is 3.38. The summed E-state index contributed by atoms with van der Waals surface area (Å²) in [5.41, 5.74) is -2.08. The second kappa shape index (κ2) is 5.42. The second-order valence-electron chi connectivity index (χ2n) is 4.97. The average Bonchev–Trinajstić information content (AvgIpc) is 3.08. The van der Waals surface area contributed by atoms with E-state index in [1.807, 2.05) is 0 Å². The van der Waals surface area contributed by atoms with E-state index in [1.54, 1.807) is 11.8 Å². The first-order valence-electron chi connectivity index (χ1n) is 6.53. The molecule has 5 nitrogen and oxygen atoms in total. The Balaban J connectivity index is 2.20. The molecule has 1 saturated carbocycles. The second-order valence-corrected chi connectivity index (χ2v) is 4.97. The monoisotopic (exact) mass is 304 g/mol. The van der Waals surface area contributed by atoms with Crippen molar-refractivity contribution in [2.24, 2.45) is 0 Å². The van der Waals surface area contributed by atoms with Crippen LogP contribution in [0.3, 0.4) is 0 Å². The Bertz CT molecular complexity index is 561. The predicted octanol–water partition coefficient (Wildman–Crippen LogP) is 2.22. The zero-order valence-corrected chi connectivity index (χ0v) is 11.4. The highest BCUT2D eigenvalue weighted by Crippen LogP contribution is 2.33. The molecule has 0 atom stereocenters. The van der Waals surface area contributed by atoms with E-state index in [-0.39, 0.29) is 18.5 Å². The number of alkyl halides is 3. The van der Waals surface area contributed by atoms with Crippen molar-refractivity contribution in [3.05, 3.63) is 23.5 Å². The summed E-state index contributed by atoms with van der Waals surface area (Å²) >= 11 is 0. The van der Waals surface area contributed by atoms with Gasteiger partial charge in [-0.15, -0.1) is 0 Å². The molecule has 1 amide bonds. The average molecular weight is 304 g/mol. The fraction of sp³-hybridized carbons (Fsp3) is 0.538. The maximum absolute atomic E-state index is 12.8. The molecule has 1 aromatic heterocycles. The lowest BCUT2D eigenvalue weighted by Gasteiger charge is -2.20. The highest BCUT2D eigenvalue weighted by molar-refractivity contribution is 5.89. The highest BCUT2D eigenvalue weighted by Gasteiger charge is 2.37. The van der Waals surface area contributed by atoms with Crippen molar-refractivity contribution in [2.75, 3.05) is 6.54 Å². The highest BCUT2D eigenvalue weighted by atomic mass is 19.4. The van der Waals surface area contributed by atoms with Crippen molar-refractivity contribution < 1.29 is 27.9 Å². The predicted molar refractivity (Wildman–Crippen MR) is 66.8 cm³/mol. The van der Waals surface area contributed by atoms with Gasteiger partial charge in [-0.25, -0.2) is 4.79 Å². The number of likely N-dealkylation sites (N-methyl/N-ethyl adjacent to an activating group) is 1. The molecule has 0 saturated heterocycles. The van der Waals surface area contributed by atoms with Crippen LogP contribution in [0.4, 0.5) is 13.2 Å². The molecule has 1 fully saturated rings. The Morgan fingerprint density at radius 3 is 2.38 bits per heavy atom. The maximum Gasteiger partial charge on any atom is 0.418 e. The van der Waals surface area contributed by atoms with Gasteiger partial charge in [0.15, 0.2) is 0 Å². The van der Waals surface area contributed by atoms with Crippen molar-refractivity contribution in [1.29, 1.82) is 0 Å². The van der Waals surface area contributed by atoms with Gasteiger partial charge < -0.3 is 14.6 Å². The number of carbonyl (C=O) groups excluding carboxylic acids is 1. The molecule has 8 heteroatoms. The largest absolute Gasteiger partial charge is 0.478 e. The third-order valence-corrected chi connectivity index (χ3v) is 3.38. The van der Waals surface area contributed by atoms with Gasteiger partial charge in [0.25, 0.3) is 0 Å². The van der Waals surface area contributed by atoms with Crippen LogP contribution in [0, 0.1) is 0 Å². The molecule has 0 bridgehead atoms. The molecule has 1 aromatic rings. The molecule has 1 aliphatic carbocycles. The number of halogens is 3. The van der Waals surface area contributed by atoms with Gasteiger partial charge in [0, 0.05) is 25.0 Å². The topological polar surface area (TPSA) is 62.5 Å². The molecule has 116 valence electrons. The van der Waals surface area contributed by atoms with Crippen LogP contribution in [0.5, 0.6) is 0 Å². The molecule has 21 heavy (non-hydrogen) atoms. The first-order chi connectivity index (χ1) is 9.74. The van der Waals surface area contributed by atoms with Gasteiger partial charge in [-0.05, 0) is 19.8 Å². The number of aromatic nitrogens is 1. The molecule has 1 heterocycles. The van der Waals surface area contributed by atoms with Gasteiger partial charge in [-0.3, -0.25) is 4.79 Å². The van der Waals surface area contributed by atoms with E-state index in [9.17, 15) is 22.8 Å². The number of amides is 1. The van der Waals surface area contributed by atoms with Crippen molar-refractivity contribution >= 4 is 11.9 Å². The van der Waals surface area contributed by atoms with Crippen molar-refractivity contribution in [3.8, 4) is 0 Å². The molecule has 0 aromatic carbocycles. The van der Waals surface area contributed by atoms with E-state index in [2.05, 4.69) is 0 Å². The number of hydrogen-bond acceptors (Lipinski definition) is 2. The van der Waals surface area contributed by atoms with Gasteiger partial charge in [0.05, 0.1) is 11.1 Å². The SMILES string of the molecule is CCN(C(=O)Cn1cc(C(=O)O)c(C(F)(F)F)c1)C1CC1. The van der Waals surface area contributed by atoms with Crippen LogP contribution in [-0.4, -0.2) is 39.0 Å². The molecular weight excluding hydrogens is 289 g/mol. The normalized spacial score (nSPS) is 15.0. The number of hydrogen-bond donors (Lipinski definition) is 1. The lowest BCUT2D eigenvalue weighted by atomic mass is 10.2. The first kappa shape index (κ1) is 15.4. The minimum absolute atomic E-state index is 0.166. The Morgan fingerprint density at radius 1 is 1.38 bits per heavy atom. The quantitative estimate of drug-likeness (QED) is 0.907.